The number of anilines is 2. The van der Waals surface area contributed by atoms with Crippen molar-refractivity contribution < 1.29 is 9.53 Å². The third kappa shape index (κ3) is 3.72. The maximum atomic E-state index is 11.1. The first-order valence-corrected chi connectivity index (χ1v) is 9.19. The molecular weight excluding hydrogens is 340 g/mol. The topological polar surface area (TPSA) is 83.5 Å². The maximum Gasteiger partial charge on any atom is 0.223 e. The number of fused-ring (bicyclic) bond motifs is 1. The molecule has 25 heavy (non-hydrogen) atoms. The molecule has 0 aliphatic carbocycles. The third-order valence-electron chi connectivity index (χ3n) is 4.33. The number of hydrogen-bond donors (Lipinski definition) is 1. The largest absolute Gasteiger partial charge is 0.477 e. The summed E-state index contributed by atoms with van der Waals surface area (Å²) in [5, 5.41) is 12.3. The number of piperazine rings is 1. The van der Waals surface area contributed by atoms with Gasteiger partial charge in [0.1, 0.15) is 0 Å². The van der Waals surface area contributed by atoms with E-state index in [1.54, 1.807) is 0 Å². The Bertz CT molecular complexity index is 772. The van der Waals surface area contributed by atoms with Gasteiger partial charge in [0, 0.05) is 51.6 Å². The van der Waals surface area contributed by atoms with Crippen molar-refractivity contribution in [3.63, 3.8) is 0 Å². The second-order valence-electron chi connectivity index (χ2n) is 6.20. The number of nitrogens with one attached hydrogen (secondary N) is 1. The molecule has 8 nitrogen and oxygen atoms in total. The number of carbonyl (C=O) groups is 1. The lowest BCUT2D eigenvalue weighted by atomic mass is 10.2. The number of carbonyl (C=O) groups excluding carboxylic acids is 1. The number of amides is 1. The Morgan fingerprint density at radius 1 is 1.28 bits per heavy atom. The fraction of sp³-hybridized carbons (Fsp3) is 0.500. The molecule has 9 heteroatoms. The SMILES string of the molecule is CC(=O)Nc1nnc(N2CCN(Cc3ccc4c(n3)OCC4)CC2)s1. The molecule has 1 saturated heterocycles. The number of hydrogen-bond acceptors (Lipinski definition) is 8. The molecule has 132 valence electrons. The molecule has 1 fully saturated rings. The van der Waals surface area contributed by atoms with Crippen LogP contribution in [-0.2, 0) is 17.8 Å². The molecule has 1 N–H and O–H groups in total. The lowest BCUT2D eigenvalue weighted by Crippen LogP contribution is -2.46. The zero-order valence-corrected chi connectivity index (χ0v) is 14.9. The Morgan fingerprint density at radius 2 is 2.12 bits per heavy atom. The van der Waals surface area contributed by atoms with Crippen LogP contribution < -0.4 is 15.0 Å². The van der Waals surface area contributed by atoms with Gasteiger partial charge in [-0.05, 0) is 6.07 Å². The van der Waals surface area contributed by atoms with E-state index in [4.69, 9.17) is 4.74 Å². The van der Waals surface area contributed by atoms with Gasteiger partial charge in [-0.3, -0.25) is 9.69 Å². The normalized spacial score (nSPS) is 17.2. The summed E-state index contributed by atoms with van der Waals surface area (Å²) < 4.78 is 5.55. The molecule has 4 rings (SSSR count). The number of aromatic nitrogens is 3. The summed E-state index contributed by atoms with van der Waals surface area (Å²) in [7, 11) is 0. The molecule has 2 aromatic rings. The molecule has 0 bridgehead atoms. The minimum absolute atomic E-state index is 0.127. The van der Waals surface area contributed by atoms with Gasteiger partial charge in [-0.2, -0.15) is 0 Å². The van der Waals surface area contributed by atoms with E-state index >= 15 is 0 Å². The fourth-order valence-electron chi connectivity index (χ4n) is 3.04. The lowest BCUT2D eigenvalue weighted by molar-refractivity contribution is -0.114. The van der Waals surface area contributed by atoms with Gasteiger partial charge in [0.2, 0.25) is 22.1 Å². The fourth-order valence-corrected chi connectivity index (χ4v) is 3.88. The van der Waals surface area contributed by atoms with Crippen molar-refractivity contribution in [1.82, 2.24) is 20.1 Å². The van der Waals surface area contributed by atoms with Gasteiger partial charge in [-0.25, -0.2) is 4.98 Å². The Balaban J connectivity index is 1.32. The van der Waals surface area contributed by atoms with Gasteiger partial charge >= 0.3 is 0 Å². The molecule has 0 spiro atoms. The monoisotopic (exact) mass is 360 g/mol. The average molecular weight is 360 g/mol. The van der Waals surface area contributed by atoms with Crippen molar-refractivity contribution in [2.24, 2.45) is 0 Å². The van der Waals surface area contributed by atoms with Crippen molar-refractivity contribution in [1.29, 1.82) is 0 Å². The predicted octanol–water partition coefficient (Wildman–Crippen LogP) is 1.15. The second-order valence-corrected chi connectivity index (χ2v) is 7.16. The van der Waals surface area contributed by atoms with Crippen LogP contribution in [0.2, 0.25) is 0 Å². The van der Waals surface area contributed by atoms with Crippen molar-refractivity contribution in [3.05, 3.63) is 23.4 Å². The highest BCUT2D eigenvalue weighted by Gasteiger charge is 2.21. The minimum Gasteiger partial charge on any atom is -0.477 e. The van der Waals surface area contributed by atoms with Gasteiger partial charge in [-0.15, -0.1) is 10.2 Å². The second kappa shape index (κ2) is 6.93. The van der Waals surface area contributed by atoms with Gasteiger partial charge in [0.25, 0.3) is 0 Å². The Hall–Kier alpha value is -2.26. The molecule has 0 unspecified atom stereocenters. The third-order valence-corrected chi connectivity index (χ3v) is 5.23. The summed E-state index contributed by atoms with van der Waals surface area (Å²) in [6, 6.07) is 4.23. The zero-order chi connectivity index (χ0) is 17.2. The van der Waals surface area contributed by atoms with Crippen LogP contribution in [0.1, 0.15) is 18.2 Å². The van der Waals surface area contributed by atoms with Crippen LogP contribution in [0, 0.1) is 0 Å². The molecule has 4 heterocycles. The quantitative estimate of drug-likeness (QED) is 0.875. The summed E-state index contributed by atoms with van der Waals surface area (Å²) in [5.74, 6) is 0.675. The van der Waals surface area contributed by atoms with E-state index in [2.05, 4.69) is 42.4 Å². The molecule has 0 atom stereocenters. The van der Waals surface area contributed by atoms with Crippen molar-refractivity contribution >= 4 is 27.5 Å². The van der Waals surface area contributed by atoms with Gasteiger partial charge < -0.3 is 15.0 Å². The highest BCUT2D eigenvalue weighted by Crippen LogP contribution is 2.26. The number of pyridine rings is 1. The predicted molar refractivity (Wildman–Crippen MR) is 95.1 cm³/mol. The van der Waals surface area contributed by atoms with Crippen LogP contribution in [-0.4, -0.2) is 58.8 Å². The summed E-state index contributed by atoms with van der Waals surface area (Å²) >= 11 is 1.41. The van der Waals surface area contributed by atoms with E-state index in [9.17, 15) is 4.79 Å². The first-order valence-electron chi connectivity index (χ1n) is 8.37. The Morgan fingerprint density at radius 3 is 2.92 bits per heavy atom. The van der Waals surface area contributed by atoms with Crippen molar-refractivity contribution in [3.8, 4) is 5.88 Å². The van der Waals surface area contributed by atoms with E-state index in [0.717, 1.165) is 62.5 Å². The molecule has 1 amide bonds. The van der Waals surface area contributed by atoms with Crippen LogP contribution in [0.5, 0.6) is 5.88 Å². The Kier molecular flexibility index (Phi) is 4.50. The Labute approximate surface area is 149 Å². The zero-order valence-electron chi connectivity index (χ0n) is 14.1. The van der Waals surface area contributed by atoms with Gasteiger partial charge in [0.05, 0.1) is 12.3 Å². The van der Waals surface area contributed by atoms with Gasteiger partial charge in [0.15, 0.2) is 0 Å². The van der Waals surface area contributed by atoms with E-state index in [1.807, 2.05) is 0 Å². The van der Waals surface area contributed by atoms with Crippen LogP contribution in [0.3, 0.4) is 0 Å². The highest BCUT2D eigenvalue weighted by molar-refractivity contribution is 7.19. The summed E-state index contributed by atoms with van der Waals surface area (Å²) in [4.78, 5) is 20.3. The van der Waals surface area contributed by atoms with Crippen LogP contribution in [0.4, 0.5) is 10.3 Å². The molecule has 0 aromatic carbocycles. The van der Waals surface area contributed by atoms with E-state index < -0.39 is 0 Å². The minimum atomic E-state index is -0.127. The van der Waals surface area contributed by atoms with Crippen LogP contribution in [0.15, 0.2) is 12.1 Å². The highest BCUT2D eigenvalue weighted by atomic mass is 32.1. The first-order chi connectivity index (χ1) is 12.2. The molecule has 2 aromatic heterocycles. The van der Waals surface area contributed by atoms with E-state index in [0.29, 0.717) is 5.13 Å². The van der Waals surface area contributed by atoms with E-state index in [-0.39, 0.29) is 5.91 Å². The molecule has 2 aliphatic heterocycles. The van der Waals surface area contributed by atoms with E-state index in [1.165, 1.54) is 23.8 Å². The van der Waals surface area contributed by atoms with Gasteiger partial charge in [-0.1, -0.05) is 17.4 Å². The number of rotatable bonds is 4. The summed E-state index contributed by atoms with van der Waals surface area (Å²) in [6.45, 7) is 6.69. The standard InChI is InChI=1S/C16H20N6O2S/c1-11(23)17-15-19-20-16(25-15)22-7-5-21(6-8-22)10-13-3-2-12-4-9-24-14(12)18-13/h2-3H,4-10H2,1H3,(H,17,19,23). The van der Waals surface area contributed by atoms with Crippen LogP contribution >= 0.6 is 11.3 Å². The molecule has 0 saturated carbocycles. The average Bonchev–Trinajstić information content (AvgIpc) is 3.24. The molecule has 2 aliphatic rings. The van der Waals surface area contributed by atoms with Crippen molar-refractivity contribution in [2.45, 2.75) is 19.9 Å². The molecular formula is C16H20N6O2S. The number of nitrogens with zero attached hydrogens (tertiary/aromatic N) is 5. The molecule has 0 radical (unpaired) electrons. The van der Waals surface area contributed by atoms with Crippen LogP contribution in [0.25, 0.3) is 0 Å². The first kappa shape index (κ1) is 16.2. The van der Waals surface area contributed by atoms with Crippen molar-refractivity contribution in [2.75, 3.05) is 43.0 Å². The summed E-state index contributed by atoms with van der Waals surface area (Å²) in [6.07, 6.45) is 0.962. The summed E-state index contributed by atoms with van der Waals surface area (Å²) in [5.41, 5.74) is 2.26. The maximum absolute atomic E-state index is 11.1. The number of ether oxygens (including phenoxy) is 1. The smallest absolute Gasteiger partial charge is 0.223 e. The lowest BCUT2D eigenvalue weighted by Gasteiger charge is -2.34.